The number of hydrogen-bond acceptors (Lipinski definition) is 5. The summed E-state index contributed by atoms with van der Waals surface area (Å²) in [6, 6.07) is 19.9. The highest BCUT2D eigenvalue weighted by Crippen LogP contribution is 2.56. The molecule has 0 saturated carbocycles. The van der Waals surface area contributed by atoms with E-state index in [0.717, 1.165) is 5.56 Å². The van der Waals surface area contributed by atoms with E-state index in [2.05, 4.69) is 19.2 Å². The molecule has 1 N–H and O–H groups in total. The predicted molar refractivity (Wildman–Crippen MR) is 150 cm³/mol. The van der Waals surface area contributed by atoms with Crippen LogP contribution in [0.4, 0.5) is 5.69 Å². The van der Waals surface area contributed by atoms with Crippen molar-refractivity contribution >= 4 is 40.0 Å². The number of para-hydroxylation sites is 2. The van der Waals surface area contributed by atoms with Gasteiger partial charge in [0.05, 0.1) is 34.1 Å². The molecule has 7 nitrogen and oxygen atoms in total. The average Bonchev–Trinajstić information content (AvgIpc) is 3.49. The van der Waals surface area contributed by atoms with Crippen LogP contribution in [0, 0.1) is 24.7 Å². The Bertz CT molecular complexity index is 1780. The molecule has 7 rings (SSSR count). The van der Waals surface area contributed by atoms with E-state index in [9.17, 15) is 14.4 Å². The fraction of sp³-hybridized carbons (Fsp3) is 0.290. The van der Waals surface area contributed by atoms with Gasteiger partial charge in [-0.2, -0.15) is 0 Å². The maximum Gasteiger partial charge on any atom is 0.266 e. The first-order chi connectivity index (χ1) is 18.8. The standard InChI is InChI=1S/C31H27ClN4O3/c1-16(2)15-22-25-26(29(39)35(28(25)38)23-14-8-11-20(32)17(23)3)31(34-22)19-10-5-7-13-24(19)36-27(37)18-9-4-6-12-21(18)33-30(31)36/h4-14,16,22,25-26,34H,15H2,1-3H3/t22-,25-,26+,31-/m0/s1. The van der Waals surface area contributed by atoms with E-state index in [1.165, 1.54) is 4.90 Å². The molecule has 8 heteroatoms. The molecule has 1 aromatic heterocycles. The SMILES string of the molecule is Cc1c(Cl)cccc1N1C(=O)[C@H]2[C@H](CC(C)C)N[C@@]3(c4ccccc4-n4c3nc3ccccc3c4=O)[C@H]2C1=O. The summed E-state index contributed by atoms with van der Waals surface area (Å²) in [5, 5.41) is 4.75. The van der Waals surface area contributed by atoms with Crippen molar-refractivity contribution in [2.24, 2.45) is 17.8 Å². The zero-order chi connectivity index (χ0) is 27.2. The Morgan fingerprint density at radius 2 is 1.67 bits per heavy atom. The van der Waals surface area contributed by atoms with Crippen molar-refractivity contribution in [3.63, 3.8) is 0 Å². The van der Waals surface area contributed by atoms with Gasteiger partial charge in [-0.15, -0.1) is 0 Å². The molecule has 2 saturated heterocycles. The van der Waals surface area contributed by atoms with E-state index < -0.39 is 17.4 Å². The van der Waals surface area contributed by atoms with Gasteiger partial charge in [0.15, 0.2) is 0 Å². The Balaban J connectivity index is 1.53. The number of carbonyl (C=O) groups is 2. The third kappa shape index (κ3) is 3.08. The summed E-state index contributed by atoms with van der Waals surface area (Å²) in [7, 11) is 0. The van der Waals surface area contributed by atoms with Gasteiger partial charge in [-0.05, 0) is 55.2 Å². The minimum atomic E-state index is -1.14. The second kappa shape index (κ2) is 8.34. The number of carbonyl (C=O) groups excluding carboxylic acids is 2. The van der Waals surface area contributed by atoms with Crippen molar-refractivity contribution in [1.82, 2.24) is 14.9 Å². The molecule has 3 aliphatic rings. The lowest BCUT2D eigenvalue weighted by molar-refractivity contribution is -0.123. The first-order valence-electron chi connectivity index (χ1n) is 13.3. The smallest absolute Gasteiger partial charge is 0.266 e. The Hall–Kier alpha value is -3.81. The van der Waals surface area contributed by atoms with Gasteiger partial charge >= 0.3 is 0 Å². The number of nitrogens with zero attached hydrogens (tertiary/aromatic N) is 3. The Kier molecular flexibility index (Phi) is 5.19. The van der Waals surface area contributed by atoms with Gasteiger partial charge in [0.25, 0.3) is 5.56 Å². The lowest BCUT2D eigenvalue weighted by Gasteiger charge is -2.32. The predicted octanol–water partition coefficient (Wildman–Crippen LogP) is 4.73. The fourth-order valence-corrected chi connectivity index (χ4v) is 7.17. The zero-order valence-electron chi connectivity index (χ0n) is 21.8. The minimum Gasteiger partial charge on any atom is -0.297 e. The number of halogens is 1. The van der Waals surface area contributed by atoms with Crippen LogP contribution in [0.5, 0.6) is 0 Å². The van der Waals surface area contributed by atoms with Gasteiger partial charge in [-0.25, -0.2) is 9.88 Å². The van der Waals surface area contributed by atoms with Crippen molar-refractivity contribution in [2.75, 3.05) is 4.90 Å². The van der Waals surface area contributed by atoms with Crippen LogP contribution >= 0.6 is 11.6 Å². The summed E-state index contributed by atoms with van der Waals surface area (Å²) in [5.41, 5.74) is 1.88. The van der Waals surface area contributed by atoms with Gasteiger partial charge in [0.2, 0.25) is 11.8 Å². The highest BCUT2D eigenvalue weighted by atomic mass is 35.5. The van der Waals surface area contributed by atoms with Crippen molar-refractivity contribution in [3.05, 3.63) is 99.1 Å². The van der Waals surface area contributed by atoms with Crippen LogP contribution in [0.2, 0.25) is 5.02 Å². The quantitative estimate of drug-likeness (QED) is 0.381. The van der Waals surface area contributed by atoms with E-state index in [0.29, 0.717) is 45.1 Å². The summed E-state index contributed by atoms with van der Waals surface area (Å²) in [6.07, 6.45) is 0.685. The van der Waals surface area contributed by atoms with Gasteiger partial charge in [-0.3, -0.25) is 24.3 Å². The maximum absolute atomic E-state index is 14.5. The van der Waals surface area contributed by atoms with Crippen molar-refractivity contribution < 1.29 is 9.59 Å². The van der Waals surface area contributed by atoms with Gasteiger partial charge in [0.1, 0.15) is 11.4 Å². The minimum absolute atomic E-state index is 0.190. The summed E-state index contributed by atoms with van der Waals surface area (Å²) in [6.45, 7) is 6.03. The van der Waals surface area contributed by atoms with Crippen LogP contribution in [0.3, 0.4) is 0 Å². The summed E-state index contributed by atoms with van der Waals surface area (Å²) in [5.74, 6) is -1.23. The average molecular weight is 539 g/mol. The van der Waals surface area contributed by atoms with Crippen LogP contribution in [-0.2, 0) is 15.1 Å². The first-order valence-corrected chi connectivity index (χ1v) is 13.7. The third-order valence-electron chi connectivity index (χ3n) is 8.57. The highest BCUT2D eigenvalue weighted by Gasteiger charge is 2.69. The first kappa shape index (κ1) is 24.2. The molecule has 0 aliphatic carbocycles. The van der Waals surface area contributed by atoms with Crippen molar-refractivity contribution in [2.45, 2.75) is 38.8 Å². The molecule has 196 valence electrons. The van der Waals surface area contributed by atoms with E-state index >= 15 is 0 Å². The molecule has 39 heavy (non-hydrogen) atoms. The molecule has 0 bridgehead atoms. The Morgan fingerprint density at radius 1 is 0.949 bits per heavy atom. The number of rotatable bonds is 3. The largest absolute Gasteiger partial charge is 0.297 e. The topological polar surface area (TPSA) is 84.3 Å². The number of fused-ring (bicyclic) bond motifs is 8. The summed E-state index contributed by atoms with van der Waals surface area (Å²) < 4.78 is 1.63. The molecule has 2 fully saturated rings. The van der Waals surface area contributed by atoms with Gasteiger partial charge < -0.3 is 0 Å². The van der Waals surface area contributed by atoms with E-state index in [1.807, 2.05) is 49.4 Å². The fourth-order valence-electron chi connectivity index (χ4n) is 7.01. The van der Waals surface area contributed by atoms with Crippen LogP contribution in [0.1, 0.15) is 37.2 Å². The number of benzene rings is 3. The molecule has 0 radical (unpaired) electrons. The van der Waals surface area contributed by atoms with Gasteiger partial charge in [0, 0.05) is 16.6 Å². The van der Waals surface area contributed by atoms with Crippen LogP contribution in [-0.4, -0.2) is 27.4 Å². The molecule has 2 amide bonds. The van der Waals surface area contributed by atoms with Crippen molar-refractivity contribution in [3.8, 4) is 5.69 Å². The molecule has 4 aromatic rings. The number of anilines is 1. The van der Waals surface area contributed by atoms with Gasteiger partial charge in [-0.1, -0.05) is 61.8 Å². The highest BCUT2D eigenvalue weighted by molar-refractivity contribution is 6.32. The maximum atomic E-state index is 14.5. The number of hydrogen-bond donors (Lipinski definition) is 1. The van der Waals surface area contributed by atoms with E-state index in [1.54, 1.807) is 28.8 Å². The normalized spacial score (nSPS) is 25.2. The molecule has 4 atom stereocenters. The number of amides is 2. The van der Waals surface area contributed by atoms with Crippen LogP contribution in [0.25, 0.3) is 16.6 Å². The lowest BCUT2D eigenvalue weighted by atomic mass is 9.75. The van der Waals surface area contributed by atoms with Crippen LogP contribution < -0.4 is 15.8 Å². The molecular formula is C31H27ClN4O3. The molecule has 3 aromatic carbocycles. The van der Waals surface area contributed by atoms with E-state index in [-0.39, 0.29) is 29.3 Å². The van der Waals surface area contributed by atoms with Crippen molar-refractivity contribution in [1.29, 1.82) is 0 Å². The monoisotopic (exact) mass is 538 g/mol. The number of nitrogens with one attached hydrogen (secondary N) is 1. The molecule has 3 aliphatic heterocycles. The molecule has 4 heterocycles. The summed E-state index contributed by atoms with van der Waals surface area (Å²) in [4.78, 5) is 49.0. The second-order valence-electron chi connectivity index (χ2n) is 11.2. The number of aromatic nitrogens is 2. The Labute approximate surface area is 230 Å². The molecule has 0 unspecified atom stereocenters. The van der Waals surface area contributed by atoms with Crippen LogP contribution in [0.15, 0.2) is 71.5 Å². The third-order valence-corrected chi connectivity index (χ3v) is 8.98. The van der Waals surface area contributed by atoms with E-state index in [4.69, 9.17) is 16.6 Å². The number of imide groups is 1. The zero-order valence-corrected chi connectivity index (χ0v) is 22.6. The Morgan fingerprint density at radius 3 is 2.46 bits per heavy atom. The molecule has 1 spiro atoms. The summed E-state index contributed by atoms with van der Waals surface area (Å²) >= 11 is 6.42. The molecular weight excluding hydrogens is 512 g/mol. The lowest BCUT2D eigenvalue weighted by Crippen LogP contribution is -2.50. The second-order valence-corrected chi connectivity index (χ2v) is 11.6.